The van der Waals surface area contributed by atoms with E-state index in [0.29, 0.717) is 0 Å². The molecular formula is C6H5NO4. The maximum absolute atomic E-state index is 10.3. The molecule has 5 heteroatoms. The molecule has 2 N–H and O–H groups in total. The monoisotopic (exact) mass is 155 g/mol. The van der Waals surface area contributed by atoms with Crippen LogP contribution >= 0.6 is 0 Å². The molecule has 0 fully saturated rings. The van der Waals surface area contributed by atoms with E-state index in [2.05, 4.69) is 4.99 Å². The quantitative estimate of drug-likeness (QED) is 0.564. The molecule has 0 aromatic heterocycles. The Morgan fingerprint density at radius 3 is 2.45 bits per heavy atom. The molecule has 0 amide bonds. The van der Waals surface area contributed by atoms with Crippen molar-refractivity contribution in [3.05, 3.63) is 11.6 Å². The van der Waals surface area contributed by atoms with Crippen molar-refractivity contribution < 1.29 is 19.8 Å². The van der Waals surface area contributed by atoms with Gasteiger partial charge >= 0.3 is 11.9 Å². The zero-order valence-electron chi connectivity index (χ0n) is 5.39. The van der Waals surface area contributed by atoms with E-state index in [1.807, 2.05) is 0 Å². The average molecular weight is 155 g/mol. The summed E-state index contributed by atoms with van der Waals surface area (Å²) in [4.78, 5) is 24.0. The molecular weight excluding hydrogens is 150 g/mol. The van der Waals surface area contributed by atoms with Crippen LogP contribution in [0.1, 0.15) is 0 Å². The number of carboxylic acid groups (broad SMARTS) is 2. The second-order valence-electron chi connectivity index (χ2n) is 1.97. The van der Waals surface area contributed by atoms with E-state index in [4.69, 9.17) is 10.2 Å². The minimum atomic E-state index is -1.24. The SMILES string of the molecule is O=C(O)C1=CC=NC1C(=O)O. The lowest BCUT2D eigenvalue weighted by molar-refractivity contribution is -0.140. The molecule has 5 nitrogen and oxygen atoms in total. The smallest absolute Gasteiger partial charge is 0.334 e. The predicted molar refractivity (Wildman–Crippen MR) is 35.6 cm³/mol. The molecule has 1 unspecified atom stereocenters. The van der Waals surface area contributed by atoms with E-state index in [-0.39, 0.29) is 5.57 Å². The maximum atomic E-state index is 10.3. The van der Waals surface area contributed by atoms with Crippen LogP contribution in [0.5, 0.6) is 0 Å². The van der Waals surface area contributed by atoms with Gasteiger partial charge in [0, 0.05) is 6.21 Å². The second kappa shape index (κ2) is 2.53. The van der Waals surface area contributed by atoms with Crippen LogP contribution in [0.2, 0.25) is 0 Å². The third-order valence-electron chi connectivity index (χ3n) is 1.26. The molecule has 0 aromatic rings. The fourth-order valence-electron chi connectivity index (χ4n) is 0.766. The summed E-state index contributed by atoms with van der Waals surface area (Å²) >= 11 is 0. The number of rotatable bonds is 2. The van der Waals surface area contributed by atoms with Crippen LogP contribution in [0.15, 0.2) is 16.6 Å². The largest absolute Gasteiger partial charge is 0.479 e. The summed E-state index contributed by atoms with van der Waals surface area (Å²) in [6, 6.07) is -1.23. The number of aliphatic imine (C=N–C) groups is 1. The van der Waals surface area contributed by atoms with Gasteiger partial charge in [0.25, 0.3) is 0 Å². The number of carbonyl (C=O) groups is 2. The van der Waals surface area contributed by atoms with Gasteiger partial charge in [0.15, 0.2) is 6.04 Å². The van der Waals surface area contributed by atoms with Crippen molar-refractivity contribution in [1.29, 1.82) is 0 Å². The Morgan fingerprint density at radius 1 is 1.45 bits per heavy atom. The van der Waals surface area contributed by atoms with Crippen LogP contribution in [0.4, 0.5) is 0 Å². The molecule has 58 valence electrons. The molecule has 0 radical (unpaired) electrons. The highest BCUT2D eigenvalue weighted by atomic mass is 16.4. The van der Waals surface area contributed by atoms with Crippen molar-refractivity contribution in [3.63, 3.8) is 0 Å². The zero-order valence-corrected chi connectivity index (χ0v) is 5.39. The van der Waals surface area contributed by atoms with Gasteiger partial charge in [-0.2, -0.15) is 0 Å². The minimum absolute atomic E-state index is 0.197. The molecule has 1 aliphatic rings. The molecule has 0 spiro atoms. The van der Waals surface area contributed by atoms with E-state index in [1.165, 1.54) is 12.3 Å². The van der Waals surface area contributed by atoms with Crippen LogP contribution in [0.3, 0.4) is 0 Å². The minimum Gasteiger partial charge on any atom is -0.479 e. The lowest BCUT2D eigenvalue weighted by Crippen LogP contribution is -2.22. The standard InChI is InChI=1S/C6H5NO4/c8-5(9)3-1-2-7-4(3)6(10)11/h1-2,4H,(H,8,9)(H,10,11). The first-order valence-electron chi connectivity index (χ1n) is 2.82. The number of carboxylic acids is 2. The van der Waals surface area contributed by atoms with Gasteiger partial charge in [0.05, 0.1) is 5.57 Å². The van der Waals surface area contributed by atoms with Crippen molar-refractivity contribution in [2.45, 2.75) is 6.04 Å². The van der Waals surface area contributed by atoms with Crippen LogP contribution in [-0.2, 0) is 9.59 Å². The predicted octanol–water partition coefficient (Wildman–Crippen LogP) is -0.465. The van der Waals surface area contributed by atoms with Crippen LogP contribution in [0.25, 0.3) is 0 Å². The van der Waals surface area contributed by atoms with Crippen molar-refractivity contribution in [1.82, 2.24) is 0 Å². The highest BCUT2D eigenvalue weighted by molar-refractivity contribution is 6.03. The first kappa shape index (κ1) is 7.46. The number of hydrogen-bond acceptors (Lipinski definition) is 3. The summed E-state index contributed by atoms with van der Waals surface area (Å²) < 4.78 is 0. The van der Waals surface area contributed by atoms with Crippen LogP contribution in [-0.4, -0.2) is 34.4 Å². The Kier molecular flexibility index (Phi) is 1.72. The van der Waals surface area contributed by atoms with Crippen molar-refractivity contribution in [2.75, 3.05) is 0 Å². The van der Waals surface area contributed by atoms with Gasteiger partial charge in [-0.3, -0.25) is 4.99 Å². The molecule has 1 aliphatic heterocycles. The molecule has 0 aromatic carbocycles. The lowest BCUT2D eigenvalue weighted by Gasteiger charge is -2.01. The van der Waals surface area contributed by atoms with E-state index >= 15 is 0 Å². The van der Waals surface area contributed by atoms with Gasteiger partial charge in [-0.15, -0.1) is 0 Å². The Morgan fingerprint density at radius 2 is 2.09 bits per heavy atom. The number of nitrogens with zero attached hydrogens (tertiary/aromatic N) is 1. The van der Waals surface area contributed by atoms with Crippen LogP contribution < -0.4 is 0 Å². The van der Waals surface area contributed by atoms with Gasteiger partial charge < -0.3 is 10.2 Å². The fourth-order valence-corrected chi connectivity index (χ4v) is 0.766. The third-order valence-corrected chi connectivity index (χ3v) is 1.26. The first-order valence-corrected chi connectivity index (χ1v) is 2.82. The Labute approximate surface area is 61.7 Å². The molecule has 0 aliphatic carbocycles. The lowest BCUT2D eigenvalue weighted by atomic mass is 10.1. The highest BCUT2D eigenvalue weighted by Gasteiger charge is 2.28. The van der Waals surface area contributed by atoms with Gasteiger partial charge in [-0.25, -0.2) is 9.59 Å². The summed E-state index contributed by atoms with van der Waals surface area (Å²) in [7, 11) is 0. The number of hydrogen-bond donors (Lipinski definition) is 2. The Balaban J connectivity index is 2.85. The maximum Gasteiger partial charge on any atom is 0.334 e. The van der Waals surface area contributed by atoms with Crippen molar-refractivity contribution in [3.8, 4) is 0 Å². The molecule has 11 heavy (non-hydrogen) atoms. The Bertz CT molecular complexity index is 266. The summed E-state index contributed by atoms with van der Waals surface area (Å²) in [5.41, 5.74) is -0.197. The topological polar surface area (TPSA) is 87.0 Å². The molecule has 1 atom stereocenters. The first-order chi connectivity index (χ1) is 5.13. The van der Waals surface area contributed by atoms with Gasteiger partial charge in [0.1, 0.15) is 0 Å². The molecule has 0 saturated heterocycles. The molecule has 1 rings (SSSR count). The van der Waals surface area contributed by atoms with E-state index < -0.39 is 18.0 Å². The molecule has 0 bridgehead atoms. The summed E-state index contributed by atoms with van der Waals surface area (Å²) in [6.45, 7) is 0. The van der Waals surface area contributed by atoms with Gasteiger partial charge in [-0.1, -0.05) is 0 Å². The van der Waals surface area contributed by atoms with E-state index in [9.17, 15) is 9.59 Å². The highest BCUT2D eigenvalue weighted by Crippen LogP contribution is 2.11. The third kappa shape index (κ3) is 1.26. The summed E-state index contributed by atoms with van der Waals surface area (Å²) in [5.74, 6) is -2.48. The zero-order chi connectivity index (χ0) is 8.43. The van der Waals surface area contributed by atoms with Gasteiger partial charge in [0.2, 0.25) is 0 Å². The second-order valence-corrected chi connectivity index (χ2v) is 1.97. The Hall–Kier alpha value is -1.65. The van der Waals surface area contributed by atoms with Crippen molar-refractivity contribution >= 4 is 18.2 Å². The van der Waals surface area contributed by atoms with Crippen molar-refractivity contribution in [2.24, 2.45) is 4.99 Å². The molecule has 0 saturated carbocycles. The van der Waals surface area contributed by atoms with Gasteiger partial charge in [-0.05, 0) is 6.08 Å². The average Bonchev–Trinajstić information content (AvgIpc) is 2.32. The normalized spacial score (nSPS) is 21.5. The number of allylic oxidation sites excluding steroid dienone is 1. The summed E-state index contributed by atoms with van der Waals surface area (Å²) in [5, 5.41) is 16.8. The van der Waals surface area contributed by atoms with E-state index in [0.717, 1.165) is 0 Å². The summed E-state index contributed by atoms with van der Waals surface area (Å²) in [6.07, 6.45) is 2.36. The number of aliphatic carboxylic acids is 2. The van der Waals surface area contributed by atoms with Crippen LogP contribution in [0, 0.1) is 0 Å². The van der Waals surface area contributed by atoms with E-state index in [1.54, 1.807) is 0 Å². The fraction of sp³-hybridized carbons (Fsp3) is 0.167. The molecule has 1 heterocycles.